The number of anilines is 1. The van der Waals surface area contributed by atoms with Crippen LogP contribution in [0.25, 0.3) is 0 Å². The van der Waals surface area contributed by atoms with Gasteiger partial charge in [-0.05, 0) is 31.0 Å². The van der Waals surface area contributed by atoms with Crippen LogP contribution in [0.5, 0.6) is 0 Å². The Bertz CT molecular complexity index is 513. The van der Waals surface area contributed by atoms with E-state index in [1.807, 2.05) is 0 Å². The first-order chi connectivity index (χ1) is 9.84. The minimum Gasteiger partial charge on any atom is -0.325 e. The van der Waals surface area contributed by atoms with Crippen LogP contribution in [0.4, 0.5) is 18.9 Å². The van der Waals surface area contributed by atoms with Crippen molar-refractivity contribution >= 4 is 27.5 Å². The molecule has 0 aromatic heterocycles. The molecule has 21 heavy (non-hydrogen) atoms. The van der Waals surface area contributed by atoms with Gasteiger partial charge in [-0.15, -0.1) is 0 Å². The summed E-state index contributed by atoms with van der Waals surface area (Å²) in [5.41, 5.74) is -0.661. The van der Waals surface area contributed by atoms with Gasteiger partial charge in [-0.25, -0.2) is 0 Å². The third-order valence-corrected chi connectivity index (χ3v) is 3.87. The van der Waals surface area contributed by atoms with Gasteiger partial charge in [0.1, 0.15) is 0 Å². The van der Waals surface area contributed by atoms with E-state index < -0.39 is 11.7 Å². The molecule has 0 saturated heterocycles. The topological polar surface area (TPSA) is 41.1 Å². The quantitative estimate of drug-likeness (QED) is 0.849. The van der Waals surface area contributed by atoms with Crippen molar-refractivity contribution < 1.29 is 18.0 Å². The molecule has 2 N–H and O–H groups in total. The summed E-state index contributed by atoms with van der Waals surface area (Å²) in [4.78, 5) is 11.8. The van der Waals surface area contributed by atoms with E-state index in [-0.39, 0.29) is 22.6 Å². The first kappa shape index (κ1) is 16.3. The molecule has 0 unspecified atom stereocenters. The highest BCUT2D eigenvalue weighted by molar-refractivity contribution is 9.10. The monoisotopic (exact) mass is 364 g/mol. The highest BCUT2D eigenvalue weighted by Crippen LogP contribution is 2.33. The molecule has 1 fully saturated rings. The van der Waals surface area contributed by atoms with Crippen molar-refractivity contribution in [2.75, 3.05) is 11.9 Å². The van der Waals surface area contributed by atoms with Gasteiger partial charge in [0.05, 0.1) is 12.1 Å². The normalized spacial score (nSPS) is 16.2. The minimum atomic E-state index is -4.44. The number of hydrogen-bond donors (Lipinski definition) is 2. The Hall–Kier alpha value is -1.08. The number of carbonyl (C=O) groups is 1. The number of nitrogens with one attached hydrogen (secondary N) is 2. The van der Waals surface area contributed by atoms with Gasteiger partial charge in [0, 0.05) is 16.2 Å². The summed E-state index contributed by atoms with van der Waals surface area (Å²) in [5, 5.41) is 5.60. The zero-order valence-electron chi connectivity index (χ0n) is 11.3. The van der Waals surface area contributed by atoms with Crippen LogP contribution in [0, 0.1) is 0 Å². The molecule has 3 nitrogen and oxygen atoms in total. The van der Waals surface area contributed by atoms with E-state index in [0.29, 0.717) is 6.04 Å². The minimum absolute atomic E-state index is 0.110. The number of rotatable bonds is 4. The predicted molar refractivity (Wildman–Crippen MR) is 78.0 cm³/mol. The molecular weight excluding hydrogens is 349 g/mol. The molecule has 0 atom stereocenters. The zero-order valence-corrected chi connectivity index (χ0v) is 12.9. The van der Waals surface area contributed by atoms with E-state index in [1.54, 1.807) is 0 Å². The van der Waals surface area contributed by atoms with Gasteiger partial charge in [0.15, 0.2) is 0 Å². The Balaban J connectivity index is 1.95. The van der Waals surface area contributed by atoms with Gasteiger partial charge >= 0.3 is 6.18 Å². The van der Waals surface area contributed by atoms with Crippen molar-refractivity contribution in [1.29, 1.82) is 0 Å². The van der Waals surface area contributed by atoms with Gasteiger partial charge in [0.2, 0.25) is 5.91 Å². The molecule has 1 saturated carbocycles. The van der Waals surface area contributed by atoms with Crippen molar-refractivity contribution in [2.45, 2.75) is 37.9 Å². The second kappa shape index (κ2) is 6.79. The standard InChI is InChI=1S/C14H16BrF3N2O/c15-10-5-9(14(16,17)18)6-12(7-10)20-13(21)8-19-11-3-1-2-4-11/h5-7,11,19H,1-4,8H2,(H,20,21). The number of alkyl halides is 3. The molecule has 0 heterocycles. The SMILES string of the molecule is O=C(CNC1CCCC1)Nc1cc(Br)cc(C(F)(F)F)c1. The van der Waals surface area contributed by atoms with Crippen LogP contribution >= 0.6 is 15.9 Å². The Labute approximate surface area is 129 Å². The Morgan fingerprint density at radius 3 is 2.52 bits per heavy atom. The lowest BCUT2D eigenvalue weighted by molar-refractivity contribution is -0.137. The van der Waals surface area contributed by atoms with Gasteiger partial charge in [0.25, 0.3) is 0 Å². The fraction of sp³-hybridized carbons (Fsp3) is 0.500. The maximum Gasteiger partial charge on any atom is 0.416 e. The third kappa shape index (κ3) is 5.00. The van der Waals surface area contributed by atoms with E-state index in [9.17, 15) is 18.0 Å². The lowest BCUT2D eigenvalue weighted by atomic mass is 10.2. The molecule has 0 aliphatic heterocycles. The van der Waals surface area contributed by atoms with Crippen LogP contribution in [0.1, 0.15) is 31.2 Å². The molecule has 0 radical (unpaired) electrons. The highest BCUT2D eigenvalue weighted by Gasteiger charge is 2.31. The number of carbonyl (C=O) groups excluding carboxylic acids is 1. The maximum absolute atomic E-state index is 12.7. The van der Waals surface area contributed by atoms with Gasteiger partial charge < -0.3 is 10.6 Å². The fourth-order valence-electron chi connectivity index (χ4n) is 2.40. The summed E-state index contributed by atoms with van der Waals surface area (Å²) in [5.74, 6) is -0.340. The maximum atomic E-state index is 12.7. The number of benzene rings is 1. The van der Waals surface area contributed by atoms with Crippen LogP contribution < -0.4 is 10.6 Å². The number of hydrogen-bond acceptors (Lipinski definition) is 2. The van der Waals surface area contributed by atoms with Crippen LogP contribution in [0.2, 0.25) is 0 Å². The van der Waals surface area contributed by atoms with Crippen LogP contribution in [-0.4, -0.2) is 18.5 Å². The lowest BCUT2D eigenvalue weighted by Gasteiger charge is -2.13. The Kier molecular flexibility index (Phi) is 5.27. The molecule has 1 aromatic rings. The van der Waals surface area contributed by atoms with Gasteiger partial charge in [-0.3, -0.25) is 4.79 Å². The largest absolute Gasteiger partial charge is 0.416 e. The Morgan fingerprint density at radius 1 is 1.24 bits per heavy atom. The molecule has 1 aliphatic carbocycles. The van der Waals surface area contributed by atoms with Crippen molar-refractivity contribution in [3.05, 3.63) is 28.2 Å². The molecule has 1 aromatic carbocycles. The average Bonchev–Trinajstić information content (AvgIpc) is 2.87. The summed E-state index contributed by atoms with van der Waals surface area (Å²) in [6.07, 6.45) is -0.0458. The molecule has 7 heteroatoms. The number of halogens is 4. The van der Waals surface area contributed by atoms with Crippen molar-refractivity contribution in [1.82, 2.24) is 5.32 Å². The van der Waals surface area contributed by atoms with E-state index in [1.165, 1.54) is 6.07 Å². The predicted octanol–water partition coefficient (Wildman–Crippen LogP) is 3.94. The van der Waals surface area contributed by atoms with E-state index in [2.05, 4.69) is 26.6 Å². The Morgan fingerprint density at radius 2 is 1.90 bits per heavy atom. The van der Waals surface area contributed by atoms with Gasteiger partial charge in [-0.2, -0.15) is 13.2 Å². The summed E-state index contributed by atoms with van der Waals surface area (Å²) in [6, 6.07) is 3.69. The highest BCUT2D eigenvalue weighted by atomic mass is 79.9. The first-order valence-corrected chi connectivity index (χ1v) is 7.55. The summed E-state index contributed by atoms with van der Waals surface area (Å²) in [7, 11) is 0. The van der Waals surface area contributed by atoms with Gasteiger partial charge in [-0.1, -0.05) is 28.8 Å². The van der Waals surface area contributed by atoms with Crippen LogP contribution in [0.3, 0.4) is 0 Å². The smallest absolute Gasteiger partial charge is 0.325 e. The molecule has 2 rings (SSSR count). The number of amides is 1. The molecule has 116 valence electrons. The van der Waals surface area contributed by atoms with Crippen molar-refractivity contribution in [3.63, 3.8) is 0 Å². The van der Waals surface area contributed by atoms with E-state index in [4.69, 9.17) is 0 Å². The van der Waals surface area contributed by atoms with Crippen LogP contribution in [0.15, 0.2) is 22.7 Å². The second-order valence-corrected chi connectivity index (χ2v) is 6.05. The summed E-state index contributed by atoms with van der Waals surface area (Å²) in [6.45, 7) is 0.110. The average molecular weight is 365 g/mol. The molecule has 0 bridgehead atoms. The van der Waals surface area contributed by atoms with Crippen molar-refractivity contribution in [2.24, 2.45) is 0 Å². The van der Waals surface area contributed by atoms with E-state index >= 15 is 0 Å². The molecule has 1 aliphatic rings. The lowest BCUT2D eigenvalue weighted by Crippen LogP contribution is -2.34. The van der Waals surface area contributed by atoms with Crippen molar-refractivity contribution in [3.8, 4) is 0 Å². The first-order valence-electron chi connectivity index (χ1n) is 6.75. The third-order valence-electron chi connectivity index (χ3n) is 3.42. The van der Waals surface area contributed by atoms with E-state index in [0.717, 1.165) is 37.8 Å². The molecule has 1 amide bonds. The zero-order chi connectivity index (χ0) is 15.5. The summed E-state index contributed by atoms with van der Waals surface area (Å²) < 4.78 is 38.4. The second-order valence-electron chi connectivity index (χ2n) is 5.14. The molecular formula is C14H16BrF3N2O. The summed E-state index contributed by atoms with van der Waals surface area (Å²) >= 11 is 3.02. The fourth-order valence-corrected chi connectivity index (χ4v) is 2.89. The molecule has 0 spiro atoms. The van der Waals surface area contributed by atoms with Crippen LogP contribution in [-0.2, 0) is 11.0 Å².